The van der Waals surface area contributed by atoms with Crippen molar-refractivity contribution in [1.82, 2.24) is 10.2 Å². The lowest BCUT2D eigenvalue weighted by Gasteiger charge is -2.46. The molecule has 1 heterocycles. The summed E-state index contributed by atoms with van der Waals surface area (Å²) in [7, 11) is 3.72. The van der Waals surface area contributed by atoms with Crippen LogP contribution in [0.3, 0.4) is 0 Å². The van der Waals surface area contributed by atoms with Gasteiger partial charge in [0, 0.05) is 26.1 Å². The van der Waals surface area contributed by atoms with E-state index in [4.69, 9.17) is 0 Å². The van der Waals surface area contributed by atoms with Gasteiger partial charge in [-0.2, -0.15) is 0 Å². The zero-order valence-corrected chi connectivity index (χ0v) is 9.64. The molecule has 0 aromatic carbocycles. The summed E-state index contributed by atoms with van der Waals surface area (Å²) in [5, 5.41) is 3.47. The Morgan fingerprint density at radius 2 is 2.00 bits per heavy atom. The maximum atomic E-state index is 11.8. The fourth-order valence-electron chi connectivity index (χ4n) is 2.54. The average Bonchev–Trinajstić information content (AvgIpc) is 2.05. The molecule has 1 aliphatic carbocycles. The van der Waals surface area contributed by atoms with Crippen molar-refractivity contribution < 1.29 is 4.79 Å². The molecule has 2 rings (SSSR count). The molecule has 2 fully saturated rings. The first kappa shape index (κ1) is 11.8. The largest absolute Gasteiger partial charge is 0.349 e. The van der Waals surface area contributed by atoms with Gasteiger partial charge in [-0.05, 0) is 31.7 Å². The second-order valence-corrected chi connectivity index (χ2v) is 4.43. The van der Waals surface area contributed by atoms with Crippen LogP contribution in [0.2, 0.25) is 0 Å². The molecule has 0 aromatic rings. The Kier molecular flexibility index (Phi) is 3.78. The molecule has 2 aliphatic rings. The first-order valence-corrected chi connectivity index (χ1v) is 5.14. The summed E-state index contributed by atoms with van der Waals surface area (Å²) in [5.74, 6) is 1.26. The number of hydrogen-bond donors (Lipinski definition) is 1. The maximum Gasteiger partial charge on any atom is 0.225 e. The van der Waals surface area contributed by atoms with E-state index in [-0.39, 0.29) is 12.4 Å². The van der Waals surface area contributed by atoms with Crippen LogP contribution in [0, 0.1) is 11.8 Å². The number of fused-ring (bicyclic) bond motifs is 1. The predicted molar refractivity (Wildman–Crippen MR) is 58.6 cm³/mol. The maximum absolute atomic E-state index is 11.8. The van der Waals surface area contributed by atoms with Crippen molar-refractivity contribution in [3.8, 4) is 0 Å². The van der Waals surface area contributed by atoms with E-state index in [0.717, 1.165) is 13.0 Å². The molecule has 0 aromatic heterocycles. The predicted octanol–water partition coefficient (Wildman–Crippen LogP) is 0.884. The van der Waals surface area contributed by atoms with Gasteiger partial charge < -0.3 is 10.2 Å². The molecule has 0 radical (unpaired) electrons. The first-order chi connectivity index (χ1) is 6.20. The minimum atomic E-state index is 0. The molecule has 3 unspecified atom stereocenters. The number of amides is 1. The monoisotopic (exact) mass is 218 g/mol. The van der Waals surface area contributed by atoms with E-state index in [0.29, 0.717) is 23.8 Å². The Morgan fingerprint density at radius 3 is 2.50 bits per heavy atom. The molecule has 3 nitrogen and oxygen atoms in total. The summed E-state index contributed by atoms with van der Waals surface area (Å²) < 4.78 is 0. The number of nitrogens with zero attached hydrogens (tertiary/aromatic N) is 1. The van der Waals surface area contributed by atoms with Gasteiger partial charge in [-0.15, -0.1) is 12.4 Å². The third-order valence-electron chi connectivity index (χ3n) is 3.46. The Balaban J connectivity index is 0.000000980. The molecule has 14 heavy (non-hydrogen) atoms. The van der Waals surface area contributed by atoms with Crippen LogP contribution >= 0.6 is 12.4 Å². The number of nitrogens with one attached hydrogen (secondary N) is 1. The fourth-order valence-corrected chi connectivity index (χ4v) is 2.54. The van der Waals surface area contributed by atoms with Gasteiger partial charge in [0.25, 0.3) is 0 Å². The first-order valence-electron chi connectivity index (χ1n) is 5.14. The van der Waals surface area contributed by atoms with Crippen molar-refractivity contribution in [3.63, 3.8) is 0 Å². The number of hydrogen-bond acceptors (Lipinski definition) is 2. The molecule has 1 amide bonds. The Bertz CT molecular complexity index is 220. The Labute approximate surface area is 91.6 Å². The van der Waals surface area contributed by atoms with Crippen molar-refractivity contribution in [2.75, 3.05) is 20.6 Å². The fraction of sp³-hybridized carbons (Fsp3) is 0.900. The SMILES string of the molecule is CN(C)C(=O)C1CCNC2CCC21.Cl. The highest BCUT2D eigenvalue weighted by Crippen LogP contribution is 2.38. The Hall–Kier alpha value is -0.280. The van der Waals surface area contributed by atoms with Crippen LogP contribution in [-0.4, -0.2) is 37.5 Å². The van der Waals surface area contributed by atoms with Crippen molar-refractivity contribution in [2.24, 2.45) is 11.8 Å². The minimum Gasteiger partial charge on any atom is -0.349 e. The minimum absolute atomic E-state index is 0. The number of halogens is 1. The van der Waals surface area contributed by atoms with E-state index in [1.54, 1.807) is 4.90 Å². The van der Waals surface area contributed by atoms with Crippen LogP contribution in [0.1, 0.15) is 19.3 Å². The summed E-state index contributed by atoms with van der Waals surface area (Å²) in [6.07, 6.45) is 3.53. The summed E-state index contributed by atoms with van der Waals surface area (Å²) in [6.45, 7) is 1.02. The molecule has 1 aliphatic heterocycles. The van der Waals surface area contributed by atoms with Gasteiger partial charge in [-0.3, -0.25) is 4.79 Å². The van der Waals surface area contributed by atoms with Crippen LogP contribution in [0.15, 0.2) is 0 Å². The molecule has 0 bridgehead atoms. The number of rotatable bonds is 1. The highest BCUT2D eigenvalue weighted by atomic mass is 35.5. The second kappa shape index (κ2) is 4.49. The normalized spacial score (nSPS) is 34.9. The van der Waals surface area contributed by atoms with Gasteiger partial charge in [0.05, 0.1) is 0 Å². The number of piperidine rings is 1. The van der Waals surface area contributed by atoms with Crippen LogP contribution in [0.4, 0.5) is 0 Å². The lowest BCUT2D eigenvalue weighted by molar-refractivity contribution is -0.138. The van der Waals surface area contributed by atoms with Gasteiger partial charge in [-0.25, -0.2) is 0 Å². The topological polar surface area (TPSA) is 32.3 Å². The van der Waals surface area contributed by atoms with Crippen molar-refractivity contribution in [2.45, 2.75) is 25.3 Å². The quantitative estimate of drug-likeness (QED) is 0.709. The van der Waals surface area contributed by atoms with Gasteiger partial charge in [0.1, 0.15) is 0 Å². The molecule has 1 saturated carbocycles. The van der Waals surface area contributed by atoms with Crippen LogP contribution < -0.4 is 5.32 Å². The summed E-state index contributed by atoms with van der Waals surface area (Å²) in [6, 6.07) is 0.641. The van der Waals surface area contributed by atoms with E-state index in [1.165, 1.54) is 12.8 Å². The third-order valence-corrected chi connectivity index (χ3v) is 3.46. The van der Waals surface area contributed by atoms with Crippen LogP contribution in [0.25, 0.3) is 0 Å². The van der Waals surface area contributed by atoms with Crippen LogP contribution in [-0.2, 0) is 4.79 Å². The summed E-state index contributed by atoms with van der Waals surface area (Å²) in [4.78, 5) is 13.5. The van der Waals surface area contributed by atoms with E-state index < -0.39 is 0 Å². The van der Waals surface area contributed by atoms with E-state index in [2.05, 4.69) is 5.32 Å². The molecule has 4 heteroatoms. The molecule has 82 valence electrons. The molecule has 1 N–H and O–H groups in total. The molecular weight excluding hydrogens is 200 g/mol. The average molecular weight is 219 g/mol. The third kappa shape index (κ3) is 1.89. The Morgan fingerprint density at radius 1 is 1.29 bits per heavy atom. The zero-order chi connectivity index (χ0) is 9.42. The lowest BCUT2D eigenvalue weighted by atomic mass is 9.67. The number of carbonyl (C=O) groups excluding carboxylic acids is 1. The van der Waals surface area contributed by atoms with Gasteiger partial charge in [0.2, 0.25) is 5.91 Å². The highest BCUT2D eigenvalue weighted by molar-refractivity contribution is 5.85. The van der Waals surface area contributed by atoms with Crippen molar-refractivity contribution >= 4 is 18.3 Å². The van der Waals surface area contributed by atoms with E-state index in [9.17, 15) is 4.79 Å². The summed E-state index contributed by atoms with van der Waals surface area (Å²) in [5.41, 5.74) is 0. The van der Waals surface area contributed by atoms with Gasteiger partial charge in [-0.1, -0.05) is 0 Å². The molecular formula is C10H19ClN2O. The van der Waals surface area contributed by atoms with Gasteiger partial charge >= 0.3 is 0 Å². The highest BCUT2D eigenvalue weighted by Gasteiger charge is 2.42. The van der Waals surface area contributed by atoms with E-state index >= 15 is 0 Å². The standard InChI is InChI=1S/C10H18N2O.ClH/c1-12(2)10(13)8-5-6-11-9-4-3-7(8)9;/h7-9,11H,3-6H2,1-2H3;1H. The zero-order valence-electron chi connectivity index (χ0n) is 8.82. The van der Waals surface area contributed by atoms with Gasteiger partial charge in [0.15, 0.2) is 0 Å². The molecule has 0 spiro atoms. The lowest BCUT2D eigenvalue weighted by Crippen LogP contribution is -2.55. The smallest absolute Gasteiger partial charge is 0.225 e. The molecule has 1 saturated heterocycles. The second-order valence-electron chi connectivity index (χ2n) is 4.43. The molecule has 3 atom stereocenters. The van der Waals surface area contributed by atoms with E-state index in [1.807, 2.05) is 14.1 Å². The number of carbonyl (C=O) groups is 1. The summed E-state index contributed by atoms with van der Waals surface area (Å²) >= 11 is 0. The van der Waals surface area contributed by atoms with Crippen molar-refractivity contribution in [3.05, 3.63) is 0 Å². The van der Waals surface area contributed by atoms with Crippen LogP contribution in [0.5, 0.6) is 0 Å². The van der Waals surface area contributed by atoms with Crippen molar-refractivity contribution in [1.29, 1.82) is 0 Å².